The van der Waals surface area contributed by atoms with Crippen LogP contribution in [0.3, 0.4) is 0 Å². The van der Waals surface area contributed by atoms with Gasteiger partial charge in [-0.25, -0.2) is 15.0 Å². The number of fused-ring (bicyclic) bond motifs is 1. The molecule has 0 aromatic carbocycles. The first-order chi connectivity index (χ1) is 14.5. The van der Waals surface area contributed by atoms with Gasteiger partial charge >= 0.3 is 0 Å². The zero-order valence-corrected chi connectivity index (χ0v) is 22.8. The third-order valence-corrected chi connectivity index (χ3v) is 20.5. The van der Waals surface area contributed by atoms with E-state index in [0.29, 0.717) is 30.0 Å². The number of nitrogens with two attached hydrogens (primary N) is 1. The van der Waals surface area contributed by atoms with Crippen LogP contribution in [0.4, 0.5) is 5.82 Å². The van der Waals surface area contributed by atoms with Crippen LogP contribution in [-0.2, 0) is 25.5 Å². The van der Waals surface area contributed by atoms with Gasteiger partial charge in [0.25, 0.3) is 0 Å². The predicted molar refractivity (Wildman–Crippen MR) is 135 cm³/mol. The molecule has 0 radical (unpaired) electrons. The zero-order chi connectivity index (χ0) is 22.4. The van der Waals surface area contributed by atoms with Crippen molar-refractivity contribution in [1.29, 1.82) is 0 Å². The average Bonchev–Trinajstić information content (AvgIpc) is 3.38. The quantitative estimate of drug-likeness (QED) is 0.423. The highest BCUT2D eigenvalue weighted by atomic mass is 33.2. The largest absolute Gasteiger partial charge is 0.411 e. The Labute approximate surface area is 197 Å². The first-order valence-electron chi connectivity index (χ1n) is 10.3. The number of aromatic nitrogens is 4. The van der Waals surface area contributed by atoms with Gasteiger partial charge < -0.3 is 19.4 Å². The van der Waals surface area contributed by atoms with Crippen molar-refractivity contribution in [2.45, 2.75) is 63.8 Å². The lowest BCUT2D eigenvalue weighted by Gasteiger charge is -2.39. The van der Waals surface area contributed by atoms with E-state index in [9.17, 15) is 0 Å². The van der Waals surface area contributed by atoms with Gasteiger partial charge in [-0.05, 0) is 29.9 Å². The van der Waals surface area contributed by atoms with Crippen molar-refractivity contribution in [1.82, 2.24) is 19.5 Å². The minimum atomic E-state index is -2.00. The van der Waals surface area contributed by atoms with Gasteiger partial charge in [0.2, 0.25) is 0 Å². The lowest BCUT2D eigenvalue weighted by Crippen LogP contribution is -2.46. The highest BCUT2D eigenvalue weighted by Gasteiger charge is 2.46. The molecule has 2 aromatic heterocycles. The van der Waals surface area contributed by atoms with Gasteiger partial charge in [0, 0.05) is 17.9 Å². The van der Waals surface area contributed by atoms with E-state index >= 15 is 0 Å². The first-order valence-corrected chi connectivity index (χ1v) is 19.1. The van der Waals surface area contributed by atoms with Crippen molar-refractivity contribution in [2.24, 2.45) is 0 Å². The van der Waals surface area contributed by atoms with Crippen molar-refractivity contribution < 1.29 is 13.7 Å². The van der Waals surface area contributed by atoms with E-state index in [0.717, 1.165) is 11.5 Å². The van der Waals surface area contributed by atoms with Crippen LogP contribution in [0.5, 0.6) is 0 Å². The van der Waals surface area contributed by atoms with E-state index in [1.54, 1.807) is 29.1 Å². The fourth-order valence-electron chi connectivity index (χ4n) is 3.36. The minimum Gasteiger partial charge on any atom is -0.411 e. The molecule has 172 valence electrons. The SMILES string of the molecule is CC(C)(C)[Si](C)(C)OC1C[C@H](n2cnc3c(N)ncnc32)O[C@@H]1COP1(=S)SCCS1. The van der Waals surface area contributed by atoms with Crippen molar-refractivity contribution in [2.75, 3.05) is 23.8 Å². The molecule has 2 N–H and O–H groups in total. The van der Waals surface area contributed by atoms with Gasteiger partial charge in [-0.3, -0.25) is 4.57 Å². The van der Waals surface area contributed by atoms with E-state index in [1.165, 1.54) is 6.33 Å². The Balaban J connectivity index is 1.57. The third-order valence-electron chi connectivity index (χ3n) is 6.11. The summed E-state index contributed by atoms with van der Waals surface area (Å²) >= 11 is 9.34. The maximum absolute atomic E-state index is 6.80. The summed E-state index contributed by atoms with van der Waals surface area (Å²) in [6.45, 7) is 11.7. The molecule has 4 rings (SSSR count). The van der Waals surface area contributed by atoms with E-state index in [2.05, 4.69) is 48.8 Å². The van der Waals surface area contributed by atoms with Crippen molar-refractivity contribution in [3.05, 3.63) is 12.7 Å². The molecule has 2 saturated heterocycles. The molecule has 2 aromatic rings. The Morgan fingerprint density at radius 1 is 1.29 bits per heavy atom. The average molecular weight is 520 g/mol. The van der Waals surface area contributed by atoms with Crippen LogP contribution in [0, 0.1) is 0 Å². The number of hydrogen-bond acceptors (Lipinski definition) is 10. The van der Waals surface area contributed by atoms with Crippen LogP contribution in [0.2, 0.25) is 18.1 Å². The molecular weight excluding hydrogens is 489 g/mol. The minimum absolute atomic E-state index is 0.0817. The van der Waals surface area contributed by atoms with E-state index in [4.69, 9.17) is 31.2 Å². The second kappa shape index (κ2) is 8.86. The number of hydrogen-bond donors (Lipinski definition) is 1. The summed E-state index contributed by atoms with van der Waals surface area (Å²) in [6, 6.07) is 0. The molecule has 2 aliphatic heterocycles. The summed E-state index contributed by atoms with van der Waals surface area (Å²) in [4.78, 5) is 12.8. The van der Waals surface area contributed by atoms with E-state index in [-0.39, 0.29) is 23.5 Å². The maximum Gasteiger partial charge on any atom is 0.192 e. The molecule has 2 fully saturated rings. The summed E-state index contributed by atoms with van der Waals surface area (Å²) in [5, 5.41) is 0.100. The normalized spacial score (nSPS) is 26.7. The van der Waals surface area contributed by atoms with Crippen LogP contribution in [-0.4, -0.2) is 58.2 Å². The lowest BCUT2D eigenvalue weighted by atomic mass is 10.2. The van der Waals surface area contributed by atoms with Crippen molar-refractivity contribution in [3.8, 4) is 0 Å². The Kier molecular flexibility index (Phi) is 6.85. The molecule has 0 spiro atoms. The second-order valence-corrected chi connectivity index (χ2v) is 24.8. The van der Waals surface area contributed by atoms with Gasteiger partial charge in [-0.1, -0.05) is 43.5 Å². The number of ether oxygens (including phenoxy) is 1. The van der Waals surface area contributed by atoms with Crippen LogP contribution in [0.1, 0.15) is 33.4 Å². The number of anilines is 1. The van der Waals surface area contributed by atoms with E-state index < -0.39 is 13.0 Å². The standard InChI is InChI=1S/C18H30N5O3PS3Si/c1-18(2,3)31(4,5)26-12-8-14(23-11-22-15-16(19)20-10-21-17(15)23)25-13(12)9-24-27(28)29-6-7-30-27/h10-14H,6-9H2,1-5H3,(H2,19,20,21)/t12?,13-,14-/m1/s1. The molecule has 0 saturated carbocycles. The van der Waals surface area contributed by atoms with Gasteiger partial charge in [0.1, 0.15) is 24.2 Å². The highest BCUT2D eigenvalue weighted by Crippen LogP contribution is 2.74. The molecule has 0 amide bonds. The van der Waals surface area contributed by atoms with Crippen molar-refractivity contribution in [3.63, 3.8) is 0 Å². The van der Waals surface area contributed by atoms with Gasteiger partial charge in [-0.2, -0.15) is 0 Å². The number of rotatable bonds is 6. The van der Waals surface area contributed by atoms with Crippen molar-refractivity contribution >= 4 is 64.5 Å². The van der Waals surface area contributed by atoms with E-state index in [1.807, 2.05) is 4.57 Å². The fraction of sp³-hybridized carbons (Fsp3) is 0.722. The summed E-state index contributed by atoms with van der Waals surface area (Å²) in [5.41, 5.74) is 7.22. The van der Waals surface area contributed by atoms with Crippen LogP contribution in [0.15, 0.2) is 12.7 Å². The number of nitrogen functional groups attached to an aromatic ring is 1. The van der Waals surface area contributed by atoms with Gasteiger partial charge in [0.15, 0.2) is 24.5 Å². The zero-order valence-electron chi connectivity index (χ0n) is 18.5. The summed E-state index contributed by atoms with van der Waals surface area (Å²) < 4.78 is 19.6. The summed E-state index contributed by atoms with van der Waals surface area (Å²) in [7, 11) is -2.00. The van der Waals surface area contributed by atoms with Gasteiger partial charge in [-0.15, -0.1) is 0 Å². The smallest absolute Gasteiger partial charge is 0.192 e. The summed E-state index contributed by atoms with van der Waals surface area (Å²) in [5.74, 6) is 2.48. The summed E-state index contributed by atoms with van der Waals surface area (Å²) in [6.07, 6.45) is 3.33. The Morgan fingerprint density at radius 3 is 2.68 bits per heavy atom. The number of imidazole rings is 1. The Bertz CT molecular complexity index is 991. The topological polar surface area (TPSA) is 97.3 Å². The van der Waals surface area contributed by atoms with Gasteiger partial charge in [0.05, 0.1) is 19.0 Å². The monoisotopic (exact) mass is 519 g/mol. The molecule has 31 heavy (non-hydrogen) atoms. The molecule has 8 nitrogen and oxygen atoms in total. The first kappa shape index (κ1) is 23.9. The predicted octanol–water partition coefficient (Wildman–Crippen LogP) is 4.81. The molecule has 2 aliphatic rings. The number of nitrogens with zero attached hydrogens (tertiary/aromatic N) is 4. The molecule has 4 heterocycles. The maximum atomic E-state index is 6.80. The van der Waals surface area contributed by atoms with Crippen LogP contribution >= 0.6 is 27.4 Å². The molecule has 13 heteroatoms. The lowest BCUT2D eigenvalue weighted by molar-refractivity contribution is -0.0335. The molecule has 1 unspecified atom stereocenters. The van der Waals surface area contributed by atoms with Crippen LogP contribution < -0.4 is 5.73 Å². The molecular formula is C18H30N5O3PS3Si. The second-order valence-electron chi connectivity index (χ2n) is 9.27. The highest BCUT2D eigenvalue weighted by molar-refractivity contribution is 9.00. The molecule has 0 aliphatic carbocycles. The molecule has 3 atom stereocenters. The molecule has 0 bridgehead atoms. The van der Waals surface area contributed by atoms with Crippen LogP contribution in [0.25, 0.3) is 11.2 Å². The Morgan fingerprint density at radius 2 is 2.00 bits per heavy atom. The fourth-order valence-corrected chi connectivity index (χ4v) is 13.6. The third kappa shape index (κ3) is 5.01. The Hall–Kier alpha value is -0.203.